The molecule has 0 fully saturated rings. The van der Waals surface area contributed by atoms with Crippen LogP contribution in [0.2, 0.25) is 0 Å². The Morgan fingerprint density at radius 2 is 0.935 bits per heavy atom. The Kier molecular flexibility index (Phi) is 34.8. The molecule has 3 atom stereocenters. The molecule has 1 amide bonds. The zero-order chi connectivity index (χ0) is 33.8. The number of carbonyl (C=O) groups excluding carboxylic acids is 1. The first-order valence-electron chi connectivity index (χ1n) is 19.4. The fraction of sp³-hybridized carbons (Fsp3) is 0.780. The highest BCUT2D eigenvalue weighted by Gasteiger charge is 2.20. The van der Waals surface area contributed by atoms with Crippen molar-refractivity contribution in [3.05, 3.63) is 48.6 Å². The summed E-state index contributed by atoms with van der Waals surface area (Å²) >= 11 is 0. The molecule has 0 saturated carbocycles. The molecule has 0 aromatic heterocycles. The summed E-state index contributed by atoms with van der Waals surface area (Å²) in [4.78, 5) is 12.4. The van der Waals surface area contributed by atoms with Crippen molar-refractivity contribution in [2.75, 3.05) is 6.61 Å². The van der Waals surface area contributed by atoms with Gasteiger partial charge in [0, 0.05) is 0 Å². The van der Waals surface area contributed by atoms with Gasteiger partial charge < -0.3 is 20.6 Å². The number of rotatable bonds is 34. The molecule has 0 aliphatic carbocycles. The zero-order valence-corrected chi connectivity index (χ0v) is 30.2. The summed E-state index contributed by atoms with van der Waals surface area (Å²) in [5.74, 6) is -0.341. The van der Waals surface area contributed by atoms with Gasteiger partial charge in [0.15, 0.2) is 0 Å². The van der Waals surface area contributed by atoms with Crippen molar-refractivity contribution in [1.29, 1.82) is 0 Å². The summed E-state index contributed by atoms with van der Waals surface area (Å²) in [6.45, 7) is 4.16. The van der Waals surface area contributed by atoms with Crippen LogP contribution in [0.15, 0.2) is 48.6 Å². The van der Waals surface area contributed by atoms with E-state index in [1.165, 1.54) is 103 Å². The molecule has 0 radical (unpaired) electrons. The third-order valence-corrected chi connectivity index (χ3v) is 8.57. The minimum atomic E-state index is -0.962. The van der Waals surface area contributed by atoms with E-state index in [9.17, 15) is 20.1 Å². The van der Waals surface area contributed by atoms with Gasteiger partial charge in [-0.05, 0) is 70.6 Å². The minimum Gasteiger partial charge on any atom is -0.394 e. The number of aliphatic hydroxyl groups is 3. The smallest absolute Gasteiger partial charge is 0.222 e. The Labute approximate surface area is 285 Å². The Morgan fingerprint density at radius 1 is 0.543 bits per heavy atom. The second-order valence-electron chi connectivity index (χ2n) is 13.2. The number of amides is 1. The highest BCUT2D eigenvalue weighted by atomic mass is 16.3. The van der Waals surface area contributed by atoms with Crippen LogP contribution in [0.3, 0.4) is 0 Å². The summed E-state index contributed by atoms with van der Waals surface area (Å²) in [6, 6.07) is -0.771. The number of hydrogen-bond acceptors (Lipinski definition) is 4. The normalized spacial score (nSPS) is 14.3. The van der Waals surface area contributed by atoms with E-state index in [1.807, 2.05) is 6.08 Å². The molecule has 0 heterocycles. The van der Waals surface area contributed by atoms with E-state index in [2.05, 4.69) is 55.6 Å². The van der Waals surface area contributed by atoms with Gasteiger partial charge in [0.25, 0.3) is 0 Å². The second-order valence-corrected chi connectivity index (χ2v) is 13.2. The number of carbonyl (C=O) groups is 1. The first kappa shape index (κ1) is 44.3. The van der Waals surface area contributed by atoms with E-state index in [0.717, 1.165) is 51.4 Å². The second kappa shape index (κ2) is 36.2. The van der Waals surface area contributed by atoms with Gasteiger partial charge in [-0.15, -0.1) is 0 Å². The molecule has 0 bridgehead atoms. The van der Waals surface area contributed by atoms with Gasteiger partial charge >= 0.3 is 0 Å². The quantitative estimate of drug-likeness (QED) is 0.0414. The molecule has 5 nitrogen and oxygen atoms in total. The molecular formula is C41H75NO4. The molecule has 0 rings (SSSR count). The van der Waals surface area contributed by atoms with Crippen molar-refractivity contribution in [3.8, 4) is 0 Å². The van der Waals surface area contributed by atoms with Crippen molar-refractivity contribution in [2.24, 2.45) is 0 Å². The van der Waals surface area contributed by atoms with E-state index in [1.54, 1.807) is 6.08 Å². The molecule has 0 aromatic carbocycles. The number of allylic oxidation sites excluding steroid dienone is 7. The van der Waals surface area contributed by atoms with Crippen LogP contribution >= 0.6 is 0 Å². The van der Waals surface area contributed by atoms with Gasteiger partial charge in [-0.1, -0.05) is 152 Å². The van der Waals surface area contributed by atoms with Crippen LogP contribution in [0.1, 0.15) is 181 Å². The van der Waals surface area contributed by atoms with Gasteiger partial charge in [-0.3, -0.25) is 4.79 Å². The molecule has 0 saturated heterocycles. The number of unbranched alkanes of at least 4 members (excludes halogenated alkanes) is 19. The van der Waals surface area contributed by atoms with Crippen LogP contribution < -0.4 is 5.32 Å². The molecule has 3 unspecified atom stereocenters. The average Bonchev–Trinajstić information content (AvgIpc) is 3.05. The van der Waals surface area contributed by atoms with Gasteiger partial charge in [0.1, 0.15) is 0 Å². The van der Waals surface area contributed by atoms with Crippen molar-refractivity contribution in [2.45, 2.75) is 199 Å². The lowest BCUT2D eigenvalue weighted by atomic mass is 10.0. The number of nitrogens with one attached hydrogen (secondary N) is 1. The largest absolute Gasteiger partial charge is 0.394 e. The Bertz CT molecular complexity index is 760. The summed E-state index contributed by atoms with van der Waals surface area (Å²) in [5, 5.41) is 33.0. The summed E-state index contributed by atoms with van der Waals surface area (Å²) in [5.41, 5.74) is 0. The standard InChI is InChI=1S/C41H75NO4/c1-3-5-7-9-11-13-15-17-19-21-22-24-26-28-30-32-34-38(44)36-41(46)42-39(37-43)40(45)35-33-31-29-27-25-23-20-18-16-14-12-10-8-6-4-2/h16,18,22,24-25,27,33,35,38-40,43-45H,3-15,17,19-21,23,26,28-32,34,36-37H2,1-2H3,(H,42,46)/b18-16+,24-22-,27-25+,35-33+. The Hall–Kier alpha value is -1.69. The SMILES string of the molecule is CCCCCCC/C=C/CC/C=C/CC/C=C/C(O)C(CO)NC(=O)CC(O)CCCCC/C=C\CCCCCCCCCCC. The predicted molar refractivity (Wildman–Crippen MR) is 199 cm³/mol. The molecular weight excluding hydrogens is 570 g/mol. The topological polar surface area (TPSA) is 89.8 Å². The lowest BCUT2D eigenvalue weighted by molar-refractivity contribution is -0.124. The lowest BCUT2D eigenvalue weighted by Gasteiger charge is -2.20. The zero-order valence-electron chi connectivity index (χ0n) is 30.2. The maximum atomic E-state index is 12.4. The molecule has 268 valence electrons. The maximum Gasteiger partial charge on any atom is 0.222 e. The summed E-state index contributed by atoms with van der Waals surface area (Å²) in [6.07, 6.45) is 45.2. The molecule has 5 heteroatoms. The first-order valence-corrected chi connectivity index (χ1v) is 19.4. The van der Waals surface area contributed by atoms with Gasteiger partial charge in [-0.2, -0.15) is 0 Å². The minimum absolute atomic E-state index is 0.00941. The van der Waals surface area contributed by atoms with Crippen LogP contribution in [-0.4, -0.2) is 46.1 Å². The highest BCUT2D eigenvalue weighted by molar-refractivity contribution is 5.76. The monoisotopic (exact) mass is 646 g/mol. The number of hydrogen-bond donors (Lipinski definition) is 4. The highest BCUT2D eigenvalue weighted by Crippen LogP contribution is 2.12. The molecule has 46 heavy (non-hydrogen) atoms. The van der Waals surface area contributed by atoms with Crippen LogP contribution in [0, 0.1) is 0 Å². The van der Waals surface area contributed by atoms with Crippen molar-refractivity contribution in [1.82, 2.24) is 5.32 Å². The molecule has 4 N–H and O–H groups in total. The molecule has 0 spiro atoms. The van der Waals surface area contributed by atoms with E-state index >= 15 is 0 Å². The van der Waals surface area contributed by atoms with Crippen LogP contribution in [0.5, 0.6) is 0 Å². The fourth-order valence-electron chi connectivity index (χ4n) is 5.54. The first-order chi connectivity index (χ1) is 22.5. The van der Waals surface area contributed by atoms with E-state index in [-0.39, 0.29) is 18.9 Å². The molecule has 0 aliphatic heterocycles. The van der Waals surface area contributed by atoms with E-state index < -0.39 is 18.2 Å². The lowest BCUT2D eigenvalue weighted by Crippen LogP contribution is -2.45. The van der Waals surface area contributed by atoms with Crippen LogP contribution in [0.4, 0.5) is 0 Å². The number of aliphatic hydroxyl groups excluding tert-OH is 3. The van der Waals surface area contributed by atoms with Crippen molar-refractivity contribution < 1.29 is 20.1 Å². The van der Waals surface area contributed by atoms with Crippen LogP contribution in [0.25, 0.3) is 0 Å². The summed E-state index contributed by atoms with van der Waals surface area (Å²) < 4.78 is 0. The van der Waals surface area contributed by atoms with E-state index in [0.29, 0.717) is 6.42 Å². The van der Waals surface area contributed by atoms with Gasteiger partial charge in [-0.25, -0.2) is 0 Å². The summed E-state index contributed by atoms with van der Waals surface area (Å²) in [7, 11) is 0. The van der Waals surface area contributed by atoms with Crippen molar-refractivity contribution in [3.63, 3.8) is 0 Å². The van der Waals surface area contributed by atoms with Gasteiger partial charge in [0.2, 0.25) is 5.91 Å². The fourth-order valence-corrected chi connectivity index (χ4v) is 5.54. The Balaban J connectivity index is 3.82. The van der Waals surface area contributed by atoms with Crippen molar-refractivity contribution >= 4 is 5.91 Å². The maximum absolute atomic E-state index is 12.4. The van der Waals surface area contributed by atoms with Gasteiger partial charge in [0.05, 0.1) is 31.3 Å². The predicted octanol–water partition coefficient (Wildman–Crippen LogP) is 10.6. The third-order valence-electron chi connectivity index (χ3n) is 8.57. The third kappa shape index (κ3) is 32.3. The molecule has 0 aromatic rings. The average molecular weight is 646 g/mol. The Morgan fingerprint density at radius 3 is 1.39 bits per heavy atom. The van der Waals surface area contributed by atoms with E-state index in [4.69, 9.17) is 0 Å². The van der Waals surface area contributed by atoms with Crippen LogP contribution in [-0.2, 0) is 4.79 Å². The molecule has 0 aliphatic rings.